The lowest BCUT2D eigenvalue weighted by Gasteiger charge is -2.41. The standard InChI is InChI=1S/C24H21O3P/c25-28(20-10-3-1-4-11-20,21-12-5-2-6-13-21)23-16-15-19-9-7-8-14-22(19)24(23)26-17-18-27-24/h1-16,23H,17-18H2. The zero-order valence-corrected chi connectivity index (χ0v) is 16.3. The van der Waals surface area contributed by atoms with E-state index in [1.54, 1.807) is 0 Å². The Morgan fingerprint density at radius 2 is 1.29 bits per heavy atom. The Balaban J connectivity index is 1.78. The van der Waals surface area contributed by atoms with Gasteiger partial charge >= 0.3 is 0 Å². The second-order valence-corrected chi connectivity index (χ2v) is 9.99. The second-order valence-electron chi connectivity index (χ2n) is 7.08. The number of hydrogen-bond donors (Lipinski definition) is 0. The molecule has 0 N–H and O–H groups in total. The number of rotatable bonds is 3. The number of fused-ring (bicyclic) bond motifs is 2. The monoisotopic (exact) mass is 388 g/mol. The van der Waals surface area contributed by atoms with Gasteiger partial charge in [0.05, 0.1) is 18.9 Å². The van der Waals surface area contributed by atoms with E-state index in [2.05, 4.69) is 6.08 Å². The van der Waals surface area contributed by atoms with Crippen LogP contribution < -0.4 is 10.6 Å². The molecule has 0 amide bonds. The lowest BCUT2D eigenvalue weighted by Crippen LogP contribution is -2.45. The van der Waals surface area contributed by atoms with Gasteiger partial charge in [-0.15, -0.1) is 0 Å². The van der Waals surface area contributed by atoms with Crippen molar-refractivity contribution < 1.29 is 14.0 Å². The molecule has 1 aliphatic carbocycles. The molecule has 28 heavy (non-hydrogen) atoms. The average Bonchev–Trinajstić information content (AvgIpc) is 3.25. The Bertz CT molecular complexity index is 1010. The lowest BCUT2D eigenvalue weighted by molar-refractivity contribution is -0.160. The predicted octanol–water partition coefficient (Wildman–Crippen LogP) is 4.30. The van der Waals surface area contributed by atoms with Gasteiger partial charge in [0, 0.05) is 16.2 Å². The first kappa shape index (κ1) is 17.6. The first-order valence-electron chi connectivity index (χ1n) is 9.52. The fourth-order valence-corrected chi connectivity index (χ4v) is 7.59. The van der Waals surface area contributed by atoms with Crippen molar-refractivity contribution in [3.05, 3.63) is 102 Å². The molecular formula is C24H21O3P. The molecule has 5 rings (SSSR count). The highest BCUT2D eigenvalue weighted by molar-refractivity contribution is 7.79. The first-order valence-corrected chi connectivity index (χ1v) is 11.3. The third kappa shape index (κ3) is 2.55. The molecule has 2 aliphatic rings. The maximum absolute atomic E-state index is 14.9. The van der Waals surface area contributed by atoms with Crippen LogP contribution in [0.3, 0.4) is 0 Å². The lowest BCUT2D eigenvalue weighted by atomic mass is 9.91. The molecule has 140 valence electrons. The van der Waals surface area contributed by atoms with Crippen LogP contribution in [0.4, 0.5) is 0 Å². The van der Waals surface area contributed by atoms with E-state index in [4.69, 9.17) is 9.47 Å². The molecule has 1 aliphatic heterocycles. The quantitative estimate of drug-likeness (QED) is 0.628. The van der Waals surface area contributed by atoms with E-state index < -0.39 is 18.6 Å². The van der Waals surface area contributed by atoms with Crippen LogP contribution in [0.25, 0.3) is 6.08 Å². The summed E-state index contributed by atoms with van der Waals surface area (Å²) in [7, 11) is -3.11. The molecule has 1 saturated heterocycles. The van der Waals surface area contributed by atoms with Gasteiger partial charge in [0.25, 0.3) is 0 Å². The molecule has 0 aromatic heterocycles. The van der Waals surface area contributed by atoms with E-state index in [9.17, 15) is 4.57 Å². The summed E-state index contributed by atoms with van der Waals surface area (Å²) in [5, 5.41) is 1.63. The number of benzene rings is 3. The minimum absolute atomic E-state index is 0.442. The second kappa shape index (κ2) is 6.86. The topological polar surface area (TPSA) is 35.5 Å². The van der Waals surface area contributed by atoms with Crippen molar-refractivity contribution >= 4 is 23.8 Å². The molecule has 1 heterocycles. The average molecular weight is 388 g/mol. The van der Waals surface area contributed by atoms with Gasteiger partial charge in [-0.2, -0.15) is 0 Å². The molecule has 4 heteroatoms. The Labute approximate surface area is 165 Å². The van der Waals surface area contributed by atoms with E-state index in [0.717, 1.165) is 21.7 Å². The molecule has 3 aromatic rings. The molecule has 1 spiro atoms. The van der Waals surface area contributed by atoms with Gasteiger partial charge in [0.15, 0.2) is 7.14 Å². The minimum atomic E-state index is -3.11. The van der Waals surface area contributed by atoms with Crippen LogP contribution in [0.2, 0.25) is 0 Å². The van der Waals surface area contributed by atoms with Gasteiger partial charge in [-0.05, 0) is 5.56 Å². The van der Waals surface area contributed by atoms with Crippen molar-refractivity contribution in [2.45, 2.75) is 11.4 Å². The molecule has 0 bridgehead atoms. The number of hydrogen-bond acceptors (Lipinski definition) is 3. The van der Waals surface area contributed by atoms with Crippen molar-refractivity contribution in [1.29, 1.82) is 0 Å². The zero-order chi connectivity index (χ0) is 19.0. The Kier molecular flexibility index (Phi) is 4.32. The largest absolute Gasteiger partial charge is 0.343 e. The SMILES string of the molecule is O=P(c1ccccc1)(c1ccccc1)C1C=Cc2ccccc2C12OCCO2. The van der Waals surface area contributed by atoms with Crippen LogP contribution in [0.1, 0.15) is 11.1 Å². The highest BCUT2D eigenvalue weighted by Gasteiger charge is 2.56. The van der Waals surface area contributed by atoms with E-state index in [1.165, 1.54) is 0 Å². The van der Waals surface area contributed by atoms with Crippen LogP contribution >= 0.6 is 7.14 Å². The summed E-state index contributed by atoms with van der Waals surface area (Å²) in [6, 6.07) is 27.5. The van der Waals surface area contributed by atoms with Gasteiger partial charge in [-0.25, -0.2) is 0 Å². The summed E-state index contributed by atoms with van der Waals surface area (Å²) in [5.74, 6) is -1.04. The maximum Gasteiger partial charge on any atom is 0.209 e. The minimum Gasteiger partial charge on any atom is -0.343 e. The molecule has 1 fully saturated rings. The van der Waals surface area contributed by atoms with Crippen LogP contribution in [0.15, 0.2) is 91.0 Å². The van der Waals surface area contributed by atoms with Crippen molar-refractivity contribution in [3.63, 3.8) is 0 Å². The van der Waals surface area contributed by atoms with Crippen molar-refractivity contribution in [1.82, 2.24) is 0 Å². The summed E-state index contributed by atoms with van der Waals surface area (Å²) in [6.07, 6.45) is 4.07. The van der Waals surface area contributed by atoms with E-state index in [1.807, 2.05) is 91.0 Å². The van der Waals surface area contributed by atoms with Crippen LogP contribution in [-0.4, -0.2) is 18.9 Å². The van der Waals surface area contributed by atoms with Crippen LogP contribution in [0, 0.1) is 0 Å². The van der Waals surface area contributed by atoms with Gasteiger partial charge < -0.3 is 14.0 Å². The summed E-state index contributed by atoms with van der Waals surface area (Å²) in [6.45, 7) is 0.977. The highest BCUT2D eigenvalue weighted by atomic mass is 31.2. The molecule has 0 saturated carbocycles. The first-order chi connectivity index (χ1) is 13.7. The number of ether oxygens (including phenoxy) is 2. The summed E-state index contributed by atoms with van der Waals surface area (Å²) < 4.78 is 27.5. The van der Waals surface area contributed by atoms with Crippen LogP contribution in [-0.2, 0) is 19.8 Å². The van der Waals surface area contributed by atoms with Gasteiger partial charge in [0.2, 0.25) is 5.79 Å². The molecular weight excluding hydrogens is 367 g/mol. The van der Waals surface area contributed by atoms with Crippen molar-refractivity contribution in [2.75, 3.05) is 13.2 Å². The Morgan fingerprint density at radius 1 is 0.750 bits per heavy atom. The third-order valence-corrected chi connectivity index (χ3v) is 9.00. The highest BCUT2D eigenvalue weighted by Crippen LogP contribution is 2.59. The van der Waals surface area contributed by atoms with E-state index >= 15 is 0 Å². The van der Waals surface area contributed by atoms with Crippen LogP contribution in [0.5, 0.6) is 0 Å². The zero-order valence-electron chi connectivity index (χ0n) is 15.4. The smallest absolute Gasteiger partial charge is 0.209 e. The van der Waals surface area contributed by atoms with E-state index in [-0.39, 0.29) is 0 Å². The molecule has 3 nitrogen and oxygen atoms in total. The van der Waals surface area contributed by atoms with Gasteiger partial charge in [-0.1, -0.05) is 97.1 Å². The molecule has 0 radical (unpaired) electrons. The van der Waals surface area contributed by atoms with E-state index in [0.29, 0.717) is 13.2 Å². The van der Waals surface area contributed by atoms with Crippen molar-refractivity contribution in [2.24, 2.45) is 0 Å². The molecule has 3 aromatic carbocycles. The summed E-state index contributed by atoms with van der Waals surface area (Å²) >= 11 is 0. The molecule has 1 unspecified atom stereocenters. The normalized spacial score (nSPS) is 20.2. The Hall–Kier alpha value is -2.45. The van der Waals surface area contributed by atoms with Gasteiger partial charge in [-0.3, -0.25) is 0 Å². The fourth-order valence-electron chi connectivity index (χ4n) is 4.32. The van der Waals surface area contributed by atoms with Gasteiger partial charge in [0.1, 0.15) is 0 Å². The predicted molar refractivity (Wildman–Crippen MR) is 113 cm³/mol. The summed E-state index contributed by atoms with van der Waals surface area (Å²) in [5.41, 5.74) is 1.56. The fraction of sp³-hybridized carbons (Fsp3) is 0.167. The van der Waals surface area contributed by atoms with Crippen molar-refractivity contribution in [3.8, 4) is 0 Å². The molecule has 1 atom stereocenters. The Morgan fingerprint density at radius 3 is 1.89 bits per heavy atom. The summed E-state index contributed by atoms with van der Waals surface area (Å²) in [4.78, 5) is 0. The third-order valence-electron chi connectivity index (χ3n) is 5.57. The maximum atomic E-state index is 14.9.